The van der Waals surface area contributed by atoms with Crippen LogP contribution >= 0.6 is 0 Å². The highest BCUT2D eigenvalue weighted by Gasteiger charge is 2.44. The van der Waals surface area contributed by atoms with Crippen molar-refractivity contribution in [2.45, 2.75) is 44.6 Å². The summed E-state index contributed by atoms with van der Waals surface area (Å²) < 4.78 is 47.2. The standard InChI is InChI=1S/C25H27F3N4O/c1-17-29-10-11-32(17)22-12-19-15-31(14-18-5-7-21(8-6-18)25(26,27)28)16-20(19)13-23(22)33-24-4-2-3-9-30-24/h2-11,19-20,22-23H,12-16H2,1H3/t19-,20+,22-,23-/m0/s1. The number of nitrogens with zero attached hydrogens (tertiary/aromatic N) is 4. The van der Waals surface area contributed by atoms with Crippen molar-refractivity contribution in [2.75, 3.05) is 13.1 Å². The van der Waals surface area contributed by atoms with Crippen LogP contribution in [-0.2, 0) is 12.7 Å². The van der Waals surface area contributed by atoms with E-state index in [0.717, 1.165) is 37.3 Å². The maximum absolute atomic E-state index is 12.9. The summed E-state index contributed by atoms with van der Waals surface area (Å²) in [6, 6.07) is 11.4. The number of aryl methyl sites for hydroxylation is 1. The van der Waals surface area contributed by atoms with E-state index in [-0.39, 0.29) is 12.1 Å². The van der Waals surface area contributed by atoms with Crippen LogP contribution in [0.1, 0.15) is 35.8 Å². The number of hydrogen-bond acceptors (Lipinski definition) is 4. The largest absolute Gasteiger partial charge is 0.472 e. The van der Waals surface area contributed by atoms with E-state index in [1.807, 2.05) is 37.5 Å². The molecule has 0 N–H and O–H groups in total. The Labute approximate surface area is 191 Å². The van der Waals surface area contributed by atoms with Crippen LogP contribution in [0.2, 0.25) is 0 Å². The Morgan fingerprint density at radius 2 is 1.73 bits per heavy atom. The van der Waals surface area contributed by atoms with Gasteiger partial charge in [0.1, 0.15) is 11.9 Å². The second kappa shape index (κ2) is 8.82. The number of hydrogen-bond donors (Lipinski definition) is 0. The maximum Gasteiger partial charge on any atom is 0.416 e. The summed E-state index contributed by atoms with van der Waals surface area (Å²) in [5.41, 5.74) is 0.305. The molecule has 1 saturated heterocycles. The summed E-state index contributed by atoms with van der Waals surface area (Å²) in [5.74, 6) is 2.58. The van der Waals surface area contributed by atoms with E-state index >= 15 is 0 Å². The highest BCUT2D eigenvalue weighted by atomic mass is 19.4. The van der Waals surface area contributed by atoms with Crippen LogP contribution in [0, 0.1) is 18.8 Å². The maximum atomic E-state index is 12.9. The fraction of sp³-hybridized carbons (Fsp3) is 0.440. The van der Waals surface area contributed by atoms with Crippen LogP contribution < -0.4 is 4.74 Å². The molecule has 174 valence electrons. The molecular formula is C25H27F3N4O. The van der Waals surface area contributed by atoms with Crippen LogP contribution in [0.4, 0.5) is 13.2 Å². The Hall–Kier alpha value is -2.87. The lowest BCUT2D eigenvalue weighted by Gasteiger charge is -2.38. The van der Waals surface area contributed by atoms with Crippen LogP contribution in [0.25, 0.3) is 0 Å². The topological polar surface area (TPSA) is 43.2 Å². The van der Waals surface area contributed by atoms with E-state index in [1.165, 1.54) is 12.1 Å². The molecule has 4 atom stereocenters. The van der Waals surface area contributed by atoms with Gasteiger partial charge in [0.25, 0.3) is 0 Å². The van der Waals surface area contributed by atoms with Crippen molar-refractivity contribution < 1.29 is 17.9 Å². The minimum Gasteiger partial charge on any atom is -0.472 e. The number of alkyl halides is 3. The molecule has 2 aromatic heterocycles. The summed E-state index contributed by atoms with van der Waals surface area (Å²) >= 11 is 0. The molecule has 0 spiro atoms. The molecule has 3 aromatic rings. The van der Waals surface area contributed by atoms with Crippen LogP contribution in [0.5, 0.6) is 5.88 Å². The molecule has 1 aliphatic carbocycles. The smallest absolute Gasteiger partial charge is 0.416 e. The molecule has 0 amide bonds. The number of fused-ring (bicyclic) bond motifs is 1. The summed E-state index contributed by atoms with van der Waals surface area (Å²) in [6.07, 6.45) is 3.15. The number of benzene rings is 1. The quantitative estimate of drug-likeness (QED) is 0.534. The first-order chi connectivity index (χ1) is 15.9. The van der Waals surface area contributed by atoms with Crippen molar-refractivity contribution in [3.63, 3.8) is 0 Å². The molecule has 2 aliphatic rings. The number of pyridine rings is 1. The fourth-order valence-corrected chi connectivity index (χ4v) is 5.40. The molecule has 2 fully saturated rings. The molecule has 0 unspecified atom stereocenters. The molecule has 0 bridgehead atoms. The average Bonchev–Trinajstić information content (AvgIpc) is 3.38. The number of ether oxygens (including phenoxy) is 1. The third kappa shape index (κ3) is 4.76. The SMILES string of the molecule is Cc1nccn1[C@H]1C[C@H]2CN(Cc3ccc(C(F)(F)F)cc3)C[C@H]2C[C@@H]1Oc1ccccn1. The van der Waals surface area contributed by atoms with E-state index in [1.54, 1.807) is 18.3 Å². The average molecular weight is 457 g/mol. The van der Waals surface area contributed by atoms with Crippen LogP contribution in [0.3, 0.4) is 0 Å². The zero-order valence-electron chi connectivity index (χ0n) is 18.4. The second-order valence-electron chi connectivity index (χ2n) is 9.15. The Morgan fingerprint density at radius 3 is 2.36 bits per heavy atom. The zero-order chi connectivity index (χ0) is 23.0. The number of imidazole rings is 1. The first-order valence-electron chi connectivity index (χ1n) is 11.3. The van der Waals surface area contributed by atoms with Gasteiger partial charge in [-0.05, 0) is 55.4 Å². The molecule has 1 aliphatic heterocycles. The molecule has 0 radical (unpaired) electrons. The zero-order valence-corrected chi connectivity index (χ0v) is 18.4. The number of aromatic nitrogens is 3. The van der Waals surface area contributed by atoms with Crippen molar-refractivity contribution in [1.82, 2.24) is 19.4 Å². The summed E-state index contributed by atoms with van der Waals surface area (Å²) in [4.78, 5) is 11.1. The van der Waals surface area contributed by atoms with Gasteiger partial charge in [-0.1, -0.05) is 18.2 Å². The van der Waals surface area contributed by atoms with Gasteiger partial charge in [-0.2, -0.15) is 13.2 Å². The van der Waals surface area contributed by atoms with Crippen molar-refractivity contribution in [3.8, 4) is 5.88 Å². The van der Waals surface area contributed by atoms with Crippen molar-refractivity contribution in [1.29, 1.82) is 0 Å². The van der Waals surface area contributed by atoms with Gasteiger partial charge < -0.3 is 9.30 Å². The molecular weight excluding hydrogens is 429 g/mol. The first-order valence-corrected chi connectivity index (χ1v) is 11.3. The van der Waals surface area contributed by atoms with Crippen LogP contribution in [-0.4, -0.2) is 38.6 Å². The molecule has 33 heavy (non-hydrogen) atoms. The molecule has 1 saturated carbocycles. The summed E-state index contributed by atoms with van der Waals surface area (Å²) in [7, 11) is 0. The summed E-state index contributed by atoms with van der Waals surface area (Å²) in [5, 5.41) is 0. The lowest BCUT2D eigenvalue weighted by molar-refractivity contribution is -0.137. The number of rotatable bonds is 5. The lowest BCUT2D eigenvalue weighted by Crippen LogP contribution is -2.40. The normalized spacial score (nSPS) is 25.7. The van der Waals surface area contributed by atoms with Gasteiger partial charge in [-0.25, -0.2) is 9.97 Å². The molecule has 3 heterocycles. The third-order valence-electron chi connectivity index (χ3n) is 6.98. The van der Waals surface area contributed by atoms with Gasteiger partial charge >= 0.3 is 6.18 Å². The lowest BCUT2D eigenvalue weighted by atomic mass is 9.77. The molecule has 8 heteroatoms. The van der Waals surface area contributed by atoms with E-state index < -0.39 is 11.7 Å². The highest BCUT2D eigenvalue weighted by Crippen LogP contribution is 2.43. The Balaban J connectivity index is 1.30. The van der Waals surface area contributed by atoms with Gasteiger partial charge in [0, 0.05) is 44.3 Å². The van der Waals surface area contributed by atoms with E-state index in [4.69, 9.17) is 4.74 Å². The first kappa shape index (κ1) is 21.9. The van der Waals surface area contributed by atoms with Crippen molar-refractivity contribution in [3.05, 3.63) is 78.0 Å². The fourth-order valence-electron chi connectivity index (χ4n) is 5.40. The minimum atomic E-state index is -4.30. The second-order valence-corrected chi connectivity index (χ2v) is 9.15. The van der Waals surface area contributed by atoms with Gasteiger partial charge in [0.05, 0.1) is 11.6 Å². The minimum absolute atomic E-state index is 0.0138. The number of likely N-dealkylation sites (tertiary alicyclic amines) is 1. The van der Waals surface area contributed by atoms with E-state index in [0.29, 0.717) is 24.3 Å². The Kier molecular flexibility index (Phi) is 5.86. The van der Waals surface area contributed by atoms with E-state index in [9.17, 15) is 13.2 Å². The molecule has 1 aromatic carbocycles. The van der Waals surface area contributed by atoms with Crippen molar-refractivity contribution in [2.24, 2.45) is 11.8 Å². The van der Waals surface area contributed by atoms with Crippen LogP contribution in [0.15, 0.2) is 61.1 Å². The summed E-state index contributed by atoms with van der Waals surface area (Å²) in [6.45, 7) is 4.52. The van der Waals surface area contributed by atoms with E-state index in [2.05, 4.69) is 19.4 Å². The van der Waals surface area contributed by atoms with Gasteiger partial charge in [0.15, 0.2) is 0 Å². The Morgan fingerprint density at radius 1 is 0.970 bits per heavy atom. The Bertz CT molecular complexity index is 1070. The predicted molar refractivity (Wildman–Crippen MR) is 118 cm³/mol. The monoisotopic (exact) mass is 456 g/mol. The van der Waals surface area contributed by atoms with Crippen molar-refractivity contribution >= 4 is 0 Å². The number of halogens is 3. The predicted octanol–water partition coefficient (Wildman–Crippen LogP) is 5.14. The van der Waals surface area contributed by atoms with Gasteiger partial charge in [0.2, 0.25) is 5.88 Å². The highest BCUT2D eigenvalue weighted by molar-refractivity contribution is 5.24. The molecule has 5 nitrogen and oxygen atoms in total. The van der Waals surface area contributed by atoms with Gasteiger partial charge in [-0.15, -0.1) is 0 Å². The van der Waals surface area contributed by atoms with Gasteiger partial charge in [-0.3, -0.25) is 4.90 Å². The molecule has 5 rings (SSSR count). The third-order valence-corrected chi connectivity index (χ3v) is 6.98.